The summed E-state index contributed by atoms with van der Waals surface area (Å²) in [6.45, 7) is 5.03. The van der Waals surface area contributed by atoms with Gasteiger partial charge in [-0.3, -0.25) is 9.59 Å². The van der Waals surface area contributed by atoms with Crippen molar-refractivity contribution in [3.05, 3.63) is 89.0 Å². The number of imidazole rings is 1. The fourth-order valence-electron chi connectivity index (χ4n) is 6.14. The van der Waals surface area contributed by atoms with E-state index in [1.807, 2.05) is 9.58 Å². The van der Waals surface area contributed by atoms with Gasteiger partial charge in [-0.15, -0.1) is 0 Å². The Morgan fingerprint density at radius 2 is 1.92 bits per heavy atom. The van der Waals surface area contributed by atoms with Gasteiger partial charge in [0, 0.05) is 38.0 Å². The van der Waals surface area contributed by atoms with Gasteiger partial charge in [-0.25, -0.2) is 9.67 Å². The zero-order valence-corrected chi connectivity index (χ0v) is 21.4. The molecule has 1 aliphatic carbocycles. The van der Waals surface area contributed by atoms with Crippen LogP contribution >= 0.6 is 0 Å². The van der Waals surface area contributed by atoms with Gasteiger partial charge in [0.15, 0.2) is 0 Å². The molecule has 0 spiro atoms. The normalized spacial score (nSPS) is 18.4. The average molecular weight is 518 g/mol. The summed E-state index contributed by atoms with van der Waals surface area (Å²) in [6, 6.07) is 13.8. The van der Waals surface area contributed by atoms with E-state index in [1.54, 1.807) is 17.0 Å². The summed E-state index contributed by atoms with van der Waals surface area (Å²) in [7, 11) is 0. The van der Waals surface area contributed by atoms with Gasteiger partial charge in [-0.1, -0.05) is 18.7 Å². The Hall–Kier alpha value is -4.71. The van der Waals surface area contributed by atoms with Crippen LogP contribution in [0.15, 0.2) is 55.4 Å². The van der Waals surface area contributed by atoms with Crippen LogP contribution in [0.2, 0.25) is 0 Å². The van der Waals surface area contributed by atoms with Crippen molar-refractivity contribution in [1.82, 2.24) is 29.5 Å². The molecule has 0 bridgehead atoms. The molecule has 1 atom stereocenters. The molecule has 39 heavy (non-hydrogen) atoms. The van der Waals surface area contributed by atoms with Crippen molar-refractivity contribution in [3.63, 3.8) is 0 Å². The molecule has 2 aliphatic heterocycles. The first-order valence-electron chi connectivity index (χ1n) is 13.4. The summed E-state index contributed by atoms with van der Waals surface area (Å²) in [6.07, 6.45) is 6.60. The number of rotatable bonds is 4. The fourth-order valence-corrected chi connectivity index (χ4v) is 6.14. The Balaban J connectivity index is 1.31. The fraction of sp³-hybridized carbons (Fsp3) is 0.300. The number of nitriles is 1. The SMILES string of the molecule is C=CC(=O)N1CCc2nn(-c3ccc(C4CC4)cc3)c3c2[C@@H](C1)N(C(=O)c1ccc(C#N)c2[nH]cnc12)CC3. The maximum Gasteiger partial charge on any atom is 0.256 e. The highest BCUT2D eigenvalue weighted by molar-refractivity contribution is 6.06. The van der Waals surface area contributed by atoms with Crippen molar-refractivity contribution in [3.8, 4) is 11.8 Å². The van der Waals surface area contributed by atoms with Gasteiger partial charge in [0.2, 0.25) is 5.91 Å². The molecular formula is C30H27N7O2. The van der Waals surface area contributed by atoms with E-state index in [9.17, 15) is 14.9 Å². The Kier molecular flexibility index (Phi) is 5.37. The molecule has 9 nitrogen and oxygen atoms in total. The molecule has 1 N–H and O–H groups in total. The average Bonchev–Trinajstić information content (AvgIpc) is 3.64. The molecule has 0 radical (unpaired) electrons. The zero-order valence-electron chi connectivity index (χ0n) is 21.4. The molecule has 2 aromatic heterocycles. The van der Waals surface area contributed by atoms with Crippen LogP contribution in [0, 0.1) is 11.3 Å². The van der Waals surface area contributed by atoms with Crippen molar-refractivity contribution in [2.45, 2.75) is 37.6 Å². The number of fused-ring (bicyclic) bond motifs is 1. The van der Waals surface area contributed by atoms with E-state index in [0.29, 0.717) is 60.6 Å². The van der Waals surface area contributed by atoms with E-state index in [0.717, 1.165) is 22.6 Å². The first-order valence-corrected chi connectivity index (χ1v) is 13.4. The lowest BCUT2D eigenvalue weighted by molar-refractivity contribution is -0.126. The Labute approximate surface area is 225 Å². The van der Waals surface area contributed by atoms with Crippen molar-refractivity contribution >= 4 is 22.8 Å². The number of nitrogens with one attached hydrogen (secondary N) is 1. The Morgan fingerprint density at radius 1 is 1.10 bits per heavy atom. The minimum Gasteiger partial charge on any atom is -0.343 e. The first-order chi connectivity index (χ1) is 19.1. The Morgan fingerprint density at radius 3 is 2.67 bits per heavy atom. The lowest BCUT2D eigenvalue weighted by Crippen LogP contribution is -2.45. The smallest absolute Gasteiger partial charge is 0.256 e. The van der Waals surface area contributed by atoms with Gasteiger partial charge in [0.05, 0.1) is 46.1 Å². The lowest BCUT2D eigenvalue weighted by Gasteiger charge is -2.38. The van der Waals surface area contributed by atoms with E-state index in [-0.39, 0.29) is 17.9 Å². The molecule has 4 aromatic rings. The molecule has 9 heteroatoms. The number of H-pyrrole nitrogens is 1. The molecule has 0 unspecified atom stereocenters. The van der Waals surface area contributed by atoms with E-state index >= 15 is 0 Å². The largest absolute Gasteiger partial charge is 0.343 e. The molecule has 4 heterocycles. The molecule has 2 amide bonds. The van der Waals surface area contributed by atoms with Crippen LogP contribution in [0.5, 0.6) is 0 Å². The zero-order chi connectivity index (χ0) is 26.7. The van der Waals surface area contributed by atoms with Crippen molar-refractivity contribution in [1.29, 1.82) is 5.26 Å². The van der Waals surface area contributed by atoms with Crippen molar-refractivity contribution in [2.75, 3.05) is 19.6 Å². The number of aromatic nitrogens is 4. The summed E-state index contributed by atoms with van der Waals surface area (Å²) in [5.41, 5.74) is 7.34. The van der Waals surface area contributed by atoms with Gasteiger partial charge in [0.25, 0.3) is 5.91 Å². The number of amides is 2. The molecule has 194 valence electrons. The second kappa shape index (κ2) is 8.95. The lowest BCUT2D eigenvalue weighted by atomic mass is 9.94. The molecular weight excluding hydrogens is 490 g/mol. The second-order valence-electron chi connectivity index (χ2n) is 10.5. The third kappa shape index (κ3) is 3.75. The van der Waals surface area contributed by atoms with Crippen LogP contribution in [-0.2, 0) is 17.6 Å². The van der Waals surface area contributed by atoms with E-state index in [4.69, 9.17) is 5.10 Å². The second-order valence-corrected chi connectivity index (χ2v) is 10.5. The maximum atomic E-state index is 14.1. The quantitative estimate of drug-likeness (QED) is 0.414. The number of nitrogens with zero attached hydrogens (tertiary/aromatic N) is 6. The number of carbonyl (C=O) groups excluding carboxylic acids is 2. The molecule has 1 saturated carbocycles. The number of aromatic amines is 1. The monoisotopic (exact) mass is 517 g/mol. The van der Waals surface area contributed by atoms with Crippen molar-refractivity contribution in [2.24, 2.45) is 0 Å². The summed E-state index contributed by atoms with van der Waals surface area (Å²) < 4.78 is 2.04. The van der Waals surface area contributed by atoms with Gasteiger partial charge in [-0.2, -0.15) is 10.4 Å². The number of benzene rings is 2. The topological polar surface area (TPSA) is 111 Å². The van der Waals surface area contributed by atoms with Gasteiger partial charge < -0.3 is 14.8 Å². The minimum atomic E-state index is -0.355. The summed E-state index contributed by atoms with van der Waals surface area (Å²) >= 11 is 0. The molecule has 2 aromatic carbocycles. The molecule has 7 rings (SSSR count). The minimum absolute atomic E-state index is 0.156. The summed E-state index contributed by atoms with van der Waals surface area (Å²) in [4.78, 5) is 37.8. The van der Waals surface area contributed by atoms with Crippen molar-refractivity contribution < 1.29 is 9.59 Å². The predicted molar refractivity (Wildman–Crippen MR) is 144 cm³/mol. The third-order valence-corrected chi connectivity index (χ3v) is 8.27. The first kappa shape index (κ1) is 23.4. The predicted octanol–water partition coefficient (Wildman–Crippen LogP) is 3.81. The highest BCUT2D eigenvalue weighted by atomic mass is 16.2. The standard InChI is InChI=1S/C30H27N7O2/c1-2-26(38)35-13-11-23-27-24(37(34-23)21-8-5-19(6-9-21)18-3-4-18)12-14-36(25(27)16-35)30(39)22-10-7-20(15-31)28-29(22)33-17-32-28/h2,5-10,17-18,25H,1,3-4,11-14,16H2,(H,32,33)/t25-/m1/s1. The van der Waals surface area contributed by atoms with Crippen LogP contribution in [0.4, 0.5) is 0 Å². The van der Waals surface area contributed by atoms with Crippen LogP contribution < -0.4 is 0 Å². The number of hydrogen-bond acceptors (Lipinski definition) is 5. The molecule has 1 fully saturated rings. The van der Waals surface area contributed by atoms with Crippen LogP contribution in [0.25, 0.3) is 16.7 Å². The number of carbonyl (C=O) groups is 2. The van der Waals surface area contributed by atoms with Gasteiger partial charge in [-0.05, 0) is 54.7 Å². The third-order valence-electron chi connectivity index (χ3n) is 8.27. The summed E-state index contributed by atoms with van der Waals surface area (Å²) in [5, 5.41) is 14.5. The van der Waals surface area contributed by atoms with E-state index in [1.165, 1.54) is 30.8 Å². The van der Waals surface area contributed by atoms with Crippen LogP contribution in [-0.4, -0.2) is 61.0 Å². The summed E-state index contributed by atoms with van der Waals surface area (Å²) in [5.74, 6) is 0.358. The van der Waals surface area contributed by atoms with E-state index in [2.05, 4.69) is 46.9 Å². The molecule has 3 aliphatic rings. The van der Waals surface area contributed by atoms with Crippen LogP contribution in [0.3, 0.4) is 0 Å². The number of hydrogen-bond donors (Lipinski definition) is 1. The van der Waals surface area contributed by atoms with Crippen LogP contribution in [0.1, 0.15) is 63.2 Å². The molecule has 0 saturated heterocycles. The van der Waals surface area contributed by atoms with E-state index < -0.39 is 0 Å². The van der Waals surface area contributed by atoms with Gasteiger partial charge >= 0.3 is 0 Å². The Bertz CT molecular complexity index is 1690. The highest BCUT2D eigenvalue weighted by Gasteiger charge is 2.40. The maximum absolute atomic E-state index is 14.1. The highest BCUT2D eigenvalue weighted by Crippen LogP contribution is 2.41. The van der Waals surface area contributed by atoms with Gasteiger partial charge in [0.1, 0.15) is 11.6 Å².